The highest BCUT2D eigenvalue weighted by Gasteiger charge is 2.12. The predicted octanol–water partition coefficient (Wildman–Crippen LogP) is 5.22. The van der Waals surface area contributed by atoms with Gasteiger partial charge in [0.1, 0.15) is 5.01 Å². The summed E-state index contributed by atoms with van der Waals surface area (Å²) in [5.41, 5.74) is 7.41. The molecule has 0 fully saturated rings. The third kappa shape index (κ3) is 4.15. The number of hydrogen-bond donors (Lipinski definition) is 1. The summed E-state index contributed by atoms with van der Waals surface area (Å²) in [4.78, 5) is 17.0. The summed E-state index contributed by atoms with van der Waals surface area (Å²) in [5.74, 6) is -0.0317. The lowest BCUT2D eigenvalue weighted by atomic mass is 10.0. The van der Waals surface area contributed by atoms with Crippen LogP contribution in [-0.4, -0.2) is 10.9 Å². The van der Waals surface area contributed by atoms with E-state index in [9.17, 15) is 4.79 Å². The van der Waals surface area contributed by atoms with Crippen LogP contribution in [0.2, 0.25) is 0 Å². The van der Waals surface area contributed by atoms with Crippen molar-refractivity contribution in [2.24, 2.45) is 0 Å². The minimum Gasteiger partial charge on any atom is -0.325 e. The first-order chi connectivity index (χ1) is 11.9. The highest BCUT2D eigenvalue weighted by Crippen LogP contribution is 2.25. The molecular formula is C21H22N2OS. The summed E-state index contributed by atoms with van der Waals surface area (Å²) >= 11 is 1.57. The van der Waals surface area contributed by atoms with Gasteiger partial charge in [0.2, 0.25) is 5.91 Å². The number of nitrogens with one attached hydrogen (secondary N) is 1. The molecule has 0 radical (unpaired) electrons. The monoisotopic (exact) mass is 350 g/mol. The number of anilines is 1. The fourth-order valence-corrected chi connectivity index (χ4v) is 3.77. The number of amides is 1. The summed E-state index contributed by atoms with van der Waals surface area (Å²) in [5, 5.41) is 5.95. The van der Waals surface area contributed by atoms with Gasteiger partial charge in [-0.25, -0.2) is 4.98 Å². The SMILES string of the molecule is Cc1ccc(-c2nc(CC(=O)Nc3c(C)cc(C)cc3C)cs2)cc1. The van der Waals surface area contributed by atoms with E-state index >= 15 is 0 Å². The summed E-state index contributed by atoms with van der Waals surface area (Å²) in [6.07, 6.45) is 0.287. The third-order valence-corrected chi connectivity index (χ3v) is 5.07. The Hall–Kier alpha value is -2.46. The Labute approximate surface area is 152 Å². The van der Waals surface area contributed by atoms with Crippen molar-refractivity contribution >= 4 is 22.9 Å². The van der Waals surface area contributed by atoms with E-state index in [4.69, 9.17) is 0 Å². The molecule has 3 aromatic rings. The molecule has 1 heterocycles. The van der Waals surface area contributed by atoms with Gasteiger partial charge in [0.05, 0.1) is 12.1 Å². The molecule has 0 aliphatic rings. The van der Waals surface area contributed by atoms with E-state index in [0.29, 0.717) is 0 Å². The molecule has 1 aromatic heterocycles. The smallest absolute Gasteiger partial charge is 0.230 e. The third-order valence-electron chi connectivity index (χ3n) is 4.13. The van der Waals surface area contributed by atoms with Crippen molar-refractivity contribution in [2.45, 2.75) is 34.1 Å². The van der Waals surface area contributed by atoms with Gasteiger partial charge in [-0.2, -0.15) is 0 Å². The second-order valence-electron chi connectivity index (χ2n) is 6.51. The molecular weight excluding hydrogens is 328 g/mol. The number of carbonyl (C=O) groups is 1. The number of carbonyl (C=O) groups excluding carboxylic acids is 1. The zero-order valence-electron chi connectivity index (χ0n) is 15.0. The lowest BCUT2D eigenvalue weighted by Crippen LogP contribution is -2.16. The second kappa shape index (κ2) is 7.19. The average molecular weight is 350 g/mol. The van der Waals surface area contributed by atoms with Crippen LogP contribution in [0, 0.1) is 27.7 Å². The van der Waals surface area contributed by atoms with Crippen LogP contribution in [0.25, 0.3) is 10.6 Å². The van der Waals surface area contributed by atoms with E-state index < -0.39 is 0 Å². The van der Waals surface area contributed by atoms with Gasteiger partial charge in [-0.3, -0.25) is 4.79 Å². The molecule has 0 aliphatic carbocycles. The quantitative estimate of drug-likeness (QED) is 0.700. The first kappa shape index (κ1) is 17.4. The molecule has 0 aliphatic heterocycles. The molecule has 4 heteroatoms. The van der Waals surface area contributed by atoms with Gasteiger partial charge < -0.3 is 5.32 Å². The maximum atomic E-state index is 12.4. The van der Waals surface area contributed by atoms with Gasteiger partial charge in [0.15, 0.2) is 0 Å². The Morgan fingerprint density at radius 3 is 2.28 bits per heavy atom. The van der Waals surface area contributed by atoms with Gasteiger partial charge in [-0.1, -0.05) is 47.5 Å². The van der Waals surface area contributed by atoms with Crippen molar-refractivity contribution < 1.29 is 4.79 Å². The summed E-state index contributed by atoms with van der Waals surface area (Å²) in [7, 11) is 0. The Bertz CT molecular complexity index is 887. The Morgan fingerprint density at radius 1 is 1.00 bits per heavy atom. The molecule has 0 unspecified atom stereocenters. The molecule has 2 aromatic carbocycles. The molecule has 1 N–H and O–H groups in total. The number of hydrogen-bond acceptors (Lipinski definition) is 3. The number of rotatable bonds is 4. The lowest BCUT2D eigenvalue weighted by Gasteiger charge is -2.12. The maximum absolute atomic E-state index is 12.4. The minimum absolute atomic E-state index is 0.0317. The minimum atomic E-state index is -0.0317. The Balaban J connectivity index is 1.71. The van der Waals surface area contributed by atoms with Crippen LogP contribution in [0.3, 0.4) is 0 Å². The maximum Gasteiger partial charge on any atom is 0.230 e. The van der Waals surface area contributed by atoms with E-state index in [-0.39, 0.29) is 12.3 Å². The van der Waals surface area contributed by atoms with E-state index in [0.717, 1.165) is 33.1 Å². The molecule has 0 bridgehead atoms. The Morgan fingerprint density at radius 2 is 1.64 bits per heavy atom. The van der Waals surface area contributed by atoms with Gasteiger partial charge in [-0.15, -0.1) is 11.3 Å². The van der Waals surface area contributed by atoms with E-state index in [2.05, 4.69) is 60.5 Å². The van der Waals surface area contributed by atoms with Gasteiger partial charge in [-0.05, 0) is 38.8 Å². The van der Waals surface area contributed by atoms with Gasteiger partial charge in [0, 0.05) is 16.6 Å². The summed E-state index contributed by atoms with van der Waals surface area (Å²) in [6, 6.07) is 12.5. The number of thiazole rings is 1. The van der Waals surface area contributed by atoms with Crippen LogP contribution in [0.1, 0.15) is 27.9 Å². The normalized spacial score (nSPS) is 10.7. The molecule has 3 nitrogen and oxygen atoms in total. The van der Waals surface area contributed by atoms with Gasteiger partial charge >= 0.3 is 0 Å². The van der Waals surface area contributed by atoms with E-state index in [1.54, 1.807) is 11.3 Å². The highest BCUT2D eigenvalue weighted by molar-refractivity contribution is 7.13. The number of aryl methyl sites for hydroxylation is 4. The first-order valence-electron chi connectivity index (χ1n) is 8.31. The predicted molar refractivity (Wildman–Crippen MR) is 105 cm³/mol. The fourth-order valence-electron chi connectivity index (χ4n) is 2.94. The molecule has 3 rings (SSSR count). The average Bonchev–Trinajstić information content (AvgIpc) is 3.00. The topological polar surface area (TPSA) is 42.0 Å². The van der Waals surface area contributed by atoms with Crippen LogP contribution >= 0.6 is 11.3 Å². The molecule has 0 saturated carbocycles. The largest absolute Gasteiger partial charge is 0.325 e. The zero-order chi connectivity index (χ0) is 18.0. The number of nitrogens with zero attached hydrogens (tertiary/aromatic N) is 1. The molecule has 25 heavy (non-hydrogen) atoms. The van der Waals surface area contributed by atoms with Crippen LogP contribution in [-0.2, 0) is 11.2 Å². The number of aromatic nitrogens is 1. The molecule has 128 valence electrons. The van der Waals surface area contributed by atoms with E-state index in [1.807, 2.05) is 19.2 Å². The Kier molecular flexibility index (Phi) is 5.00. The lowest BCUT2D eigenvalue weighted by molar-refractivity contribution is -0.115. The molecule has 0 saturated heterocycles. The van der Waals surface area contributed by atoms with Crippen molar-refractivity contribution in [3.63, 3.8) is 0 Å². The summed E-state index contributed by atoms with van der Waals surface area (Å²) in [6.45, 7) is 8.17. The first-order valence-corrected chi connectivity index (χ1v) is 9.19. The highest BCUT2D eigenvalue weighted by atomic mass is 32.1. The molecule has 0 atom stereocenters. The van der Waals surface area contributed by atoms with Crippen LogP contribution in [0.5, 0.6) is 0 Å². The van der Waals surface area contributed by atoms with Crippen molar-refractivity contribution in [3.8, 4) is 10.6 Å². The van der Waals surface area contributed by atoms with Crippen molar-refractivity contribution in [2.75, 3.05) is 5.32 Å². The van der Waals surface area contributed by atoms with Crippen LogP contribution in [0.4, 0.5) is 5.69 Å². The summed E-state index contributed by atoms with van der Waals surface area (Å²) < 4.78 is 0. The van der Waals surface area contributed by atoms with Crippen LogP contribution in [0.15, 0.2) is 41.8 Å². The van der Waals surface area contributed by atoms with E-state index in [1.165, 1.54) is 11.1 Å². The van der Waals surface area contributed by atoms with Crippen molar-refractivity contribution in [1.82, 2.24) is 4.98 Å². The van der Waals surface area contributed by atoms with Crippen molar-refractivity contribution in [1.29, 1.82) is 0 Å². The van der Waals surface area contributed by atoms with Crippen LogP contribution < -0.4 is 5.32 Å². The second-order valence-corrected chi connectivity index (χ2v) is 7.37. The standard InChI is InChI=1S/C21H22N2OS/c1-13-5-7-17(8-6-13)21-22-18(12-25-21)11-19(24)23-20-15(3)9-14(2)10-16(20)4/h5-10,12H,11H2,1-4H3,(H,23,24). The van der Waals surface area contributed by atoms with Gasteiger partial charge in [0.25, 0.3) is 0 Å². The van der Waals surface area contributed by atoms with Crippen molar-refractivity contribution in [3.05, 3.63) is 69.7 Å². The molecule has 1 amide bonds. The molecule has 0 spiro atoms. The zero-order valence-corrected chi connectivity index (χ0v) is 15.8. The fraction of sp³-hybridized carbons (Fsp3) is 0.238. The number of benzene rings is 2.